The average Bonchev–Trinajstić information content (AvgIpc) is 3.00. The summed E-state index contributed by atoms with van der Waals surface area (Å²) in [5.41, 5.74) is 3.27. The summed E-state index contributed by atoms with van der Waals surface area (Å²) in [5.74, 6) is 0.469. The van der Waals surface area contributed by atoms with E-state index in [0.717, 1.165) is 22.2 Å². The molecule has 20 heavy (non-hydrogen) atoms. The number of rotatable bonds is 3. The molecule has 0 saturated carbocycles. The SMILES string of the molecule is Cc1cc2cc(CNC(=O)c3cnc(C)o3)ccc2[nH]1. The van der Waals surface area contributed by atoms with Crippen molar-refractivity contribution < 1.29 is 9.21 Å². The Morgan fingerprint density at radius 2 is 2.20 bits per heavy atom. The molecule has 0 aliphatic rings. The molecule has 1 amide bonds. The van der Waals surface area contributed by atoms with Crippen molar-refractivity contribution in [3.8, 4) is 0 Å². The van der Waals surface area contributed by atoms with Crippen LogP contribution in [-0.4, -0.2) is 15.9 Å². The topological polar surface area (TPSA) is 70.9 Å². The van der Waals surface area contributed by atoms with E-state index >= 15 is 0 Å². The van der Waals surface area contributed by atoms with Gasteiger partial charge in [0.2, 0.25) is 5.76 Å². The van der Waals surface area contributed by atoms with Crippen molar-refractivity contribution in [3.05, 3.63) is 53.4 Å². The third-order valence-electron chi connectivity index (χ3n) is 3.12. The number of benzene rings is 1. The maximum Gasteiger partial charge on any atom is 0.288 e. The number of carbonyl (C=O) groups excluding carboxylic acids is 1. The van der Waals surface area contributed by atoms with Gasteiger partial charge in [-0.2, -0.15) is 0 Å². The van der Waals surface area contributed by atoms with Gasteiger partial charge in [-0.3, -0.25) is 4.79 Å². The van der Waals surface area contributed by atoms with Crippen LogP contribution in [0.5, 0.6) is 0 Å². The largest absolute Gasteiger partial charge is 0.436 e. The third-order valence-corrected chi connectivity index (χ3v) is 3.12. The quantitative estimate of drug-likeness (QED) is 0.768. The number of amides is 1. The first-order chi connectivity index (χ1) is 9.61. The molecule has 0 unspecified atom stereocenters. The lowest BCUT2D eigenvalue weighted by Gasteiger charge is -2.03. The van der Waals surface area contributed by atoms with Gasteiger partial charge in [-0.05, 0) is 36.1 Å². The zero-order valence-electron chi connectivity index (χ0n) is 11.4. The Balaban J connectivity index is 1.71. The van der Waals surface area contributed by atoms with Gasteiger partial charge >= 0.3 is 0 Å². The number of hydrogen-bond donors (Lipinski definition) is 2. The number of nitrogens with zero attached hydrogens (tertiary/aromatic N) is 1. The fourth-order valence-corrected chi connectivity index (χ4v) is 2.17. The number of fused-ring (bicyclic) bond motifs is 1. The van der Waals surface area contributed by atoms with E-state index in [-0.39, 0.29) is 11.7 Å². The van der Waals surface area contributed by atoms with Crippen LogP contribution in [-0.2, 0) is 6.54 Å². The van der Waals surface area contributed by atoms with E-state index in [0.29, 0.717) is 12.4 Å². The van der Waals surface area contributed by atoms with Crippen LogP contribution in [0.1, 0.15) is 27.7 Å². The molecular weight excluding hydrogens is 254 g/mol. The van der Waals surface area contributed by atoms with Gasteiger partial charge in [0, 0.05) is 24.7 Å². The molecule has 0 fully saturated rings. The number of aromatic nitrogens is 2. The Hall–Kier alpha value is -2.56. The second-order valence-electron chi connectivity index (χ2n) is 4.80. The summed E-state index contributed by atoms with van der Waals surface area (Å²) in [7, 11) is 0. The molecule has 0 radical (unpaired) electrons. The van der Waals surface area contributed by atoms with Crippen molar-refractivity contribution in [3.63, 3.8) is 0 Å². The molecule has 0 atom stereocenters. The molecule has 2 heterocycles. The Labute approximate surface area is 116 Å². The molecule has 0 spiro atoms. The molecule has 0 aliphatic carbocycles. The molecular formula is C15H15N3O2. The van der Waals surface area contributed by atoms with E-state index in [1.807, 2.05) is 19.1 Å². The highest BCUT2D eigenvalue weighted by Crippen LogP contribution is 2.16. The molecule has 0 bridgehead atoms. The number of aromatic amines is 1. The van der Waals surface area contributed by atoms with Crippen LogP contribution in [0.25, 0.3) is 10.9 Å². The highest BCUT2D eigenvalue weighted by Gasteiger charge is 2.10. The standard InChI is InChI=1S/C15H15N3O2/c1-9-5-12-6-11(3-4-13(12)18-9)7-17-15(19)14-8-16-10(2)20-14/h3-6,8,18H,7H2,1-2H3,(H,17,19). The summed E-state index contributed by atoms with van der Waals surface area (Å²) in [6.45, 7) is 4.19. The first-order valence-electron chi connectivity index (χ1n) is 6.41. The first-order valence-corrected chi connectivity index (χ1v) is 6.41. The fourth-order valence-electron chi connectivity index (χ4n) is 2.17. The number of H-pyrrole nitrogens is 1. The van der Waals surface area contributed by atoms with Crippen molar-refractivity contribution in [2.75, 3.05) is 0 Å². The third kappa shape index (κ3) is 2.42. The van der Waals surface area contributed by atoms with E-state index < -0.39 is 0 Å². The van der Waals surface area contributed by atoms with Crippen molar-refractivity contribution in [2.45, 2.75) is 20.4 Å². The Bertz CT molecular complexity index is 770. The molecule has 3 aromatic rings. The van der Waals surface area contributed by atoms with Gasteiger partial charge in [-0.1, -0.05) is 6.07 Å². The van der Waals surface area contributed by atoms with Crippen LogP contribution in [0.3, 0.4) is 0 Å². The van der Waals surface area contributed by atoms with Crippen LogP contribution in [0.4, 0.5) is 0 Å². The maximum atomic E-state index is 11.8. The molecule has 0 aliphatic heterocycles. The zero-order chi connectivity index (χ0) is 14.1. The summed E-state index contributed by atoms with van der Waals surface area (Å²) in [6.07, 6.45) is 1.43. The van der Waals surface area contributed by atoms with Crippen LogP contribution in [0, 0.1) is 13.8 Å². The molecule has 2 N–H and O–H groups in total. The molecule has 3 rings (SSSR count). The molecule has 5 nitrogen and oxygen atoms in total. The average molecular weight is 269 g/mol. The Kier molecular flexibility index (Phi) is 3.02. The fraction of sp³-hybridized carbons (Fsp3) is 0.200. The molecule has 1 aromatic carbocycles. The smallest absolute Gasteiger partial charge is 0.288 e. The lowest BCUT2D eigenvalue weighted by Crippen LogP contribution is -2.22. The highest BCUT2D eigenvalue weighted by atomic mass is 16.4. The van der Waals surface area contributed by atoms with Gasteiger partial charge in [0.25, 0.3) is 5.91 Å². The van der Waals surface area contributed by atoms with Gasteiger partial charge in [-0.25, -0.2) is 4.98 Å². The van der Waals surface area contributed by atoms with Gasteiger partial charge in [-0.15, -0.1) is 0 Å². The predicted octanol–water partition coefficient (Wildman–Crippen LogP) is 2.70. The van der Waals surface area contributed by atoms with Crippen molar-refractivity contribution in [2.24, 2.45) is 0 Å². The van der Waals surface area contributed by atoms with Crippen molar-refractivity contribution in [1.29, 1.82) is 0 Å². The highest BCUT2D eigenvalue weighted by molar-refractivity contribution is 5.91. The van der Waals surface area contributed by atoms with Crippen LogP contribution >= 0.6 is 0 Å². The van der Waals surface area contributed by atoms with Crippen LogP contribution in [0.2, 0.25) is 0 Å². The number of nitrogens with one attached hydrogen (secondary N) is 2. The van der Waals surface area contributed by atoms with Gasteiger partial charge in [0.05, 0.1) is 6.20 Å². The minimum absolute atomic E-state index is 0.237. The van der Waals surface area contributed by atoms with Crippen molar-refractivity contribution >= 4 is 16.8 Å². The number of hydrogen-bond acceptors (Lipinski definition) is 3. The summed E-state index contributed by atoms with van der Waals surface area (Å²) < 4.78 is 5.18. The van der Waals surface area contributed by atoms with E-state index in [4.69, 9.17) is 4.42 Å². The lowest BCUT2D eigenvalue weighted by atomic mass is 10.1. The van der Waals surface area contributed by atoms with Crippen LogP contribution in [0.15, 0.2) is 34.9 Å². The first kappa shape index (κ1) is 12.5. The summed E-state index contributed by atoms with van der Waals surface area (Å²) in [6, 6.07) is 8.15. The van der Waals surface area contributed by atoms with E-state index in [1.165, 1.54) is 6.20 Å². The number of carbonyl (C=O) groups is 1. The zero-order valence-corrected chi connectivity index (χ0v) is 11.4. The van der Waals surface area contributed by atoms with E-state index in [1.54, 1.807) is 6.92 Å². The summed E-state index contributed by atoms with van der Waals surface area (Å²) in [5, 5.41) is 3.96. The number of oxazole rings is 1. The Morgan fingerprint density at radius 1 is 1.35 bits per heavy atom. The normalized spacial score (nSPS) is 10.9. The second kappa shape index (κ2) is 4.85. The van der Waals surface area contributed by atoms with E-state index in [2.05, 4.69) is 27.4 Å². The van der Waals surface area contributed by atoms with Gasteiger partial charge < -0.3 is 14.7 Å². The Morgan fingerprint density at radius 3 is 2.95 bits per heavy atom. The minimum Gasteiger partial charge on any atom is -0.436 e. The monoisotopic (exact) mass is 269 g/mol. The maximum absolute atomic E-state index is 11.8. The van der Waals surface area contributed by atoms with Crippen molar-refractivity contribution in [1.82, 2.24) is 15.3 Å². The lowest BCUT2D eigenvalue weighted by molar-refractivity contribution is 0.0922. The minimum atomic E-state index is -0.254. The number of aryl methyl sites for hydroxylation is 2. The molecule has 2 aromatic heterocycles. The summed E-state index contributed by atoms with van der Waals surface area (Å²) in [4.78, 5) is 19.0. The van der Waals surface area contributed by atoms with Gasteiger partial charge in [0.15, 0.2) is 5.89 Å². The summed E-state index contributed by atoms with van der Waals surface area (Å²) >= 11 is 0. The molecule has 102 valence electrons. The van der Waals surface area contributed by atoms with Gasteiger partial charge in [0.1, 0.15) is 0 Å². The van der Waals surface area contributed by atoms with Crippen LogP contribution < -0.4 is 5.32 Å². The molecule has 5 heteroatoms. The second-order valence-corrected chi connectivity index (χ2v) is 4.80. The predicted molar refractivity (Wildman–Crippen MR) is 75.4 cm³/mol. The molecule has 0 saturated heterocycles. The van der Waals surface area contributed by atoms with E-state index in [9.17, 15) is 4.79 Å².